The molecule has 3 heterocycles. The molecule has 0 radical (unpaired) electrons. The maximum Gasteiger partial charge on any atom is 0.307 e. The third kappa shape index (κ3) is 3.89. The molecule has 0 saturated heterocycles. The molecule has 4 rings (SSSR count). The Bertz CT molecular complexity index is 1040. The van der Waals surface area contributed by atoms with E-state index in [1.807, 2.05) is 0 Å². The van der Waals surface area contributed by atoms with Gasteiger partial charge in [-0.1, -0.05) is 17.7 Å². The summed E-state index contributed by atoms with van der Waals surface area (Å²) in [5.74, 6) is -0.371. The molecule has 0 N–H and O–H groups in total. The Kier molecular flexibility index (Phi) is 5.22. The number of ether oxygens (including phenoxy) is 1. The number of carbonyl (C=O) groups is 1. The summed E-state index contributed by atoms with van der Waals surface area (Å²) in [6.45, 7) is 0.386. The van der Waals surface area contributed by atoms with Gasteiger partial charge < -0.3 is 4.74 Å². The number of fused-ring (bicyclic) bond motifs is 3. The smallest absolute Gasteiger partial charge is 0.307 e. The number of pyridine rings is 1. The summed E-state index contributed by atoms with van der Waals surface area (Å²) in [5, 5.41) is 1.13. The topological polar surface area (TPSA) is 74.1 Å². The summed E-state index contributed by atoms with van der Waals surface area (Å²) in [4.78, 5) is 35.3. The second kappa shape index (κ2) is 7.78. The van der Waals surface area contributed by atoms with Crippen molar-refractivity contribution < 1.29 is 9.53 Å². The molecule has 0 fully saturated rings. The first-order valence-corrected chi connectivity index (χ1v) is 10.1. The molecule has 0 amide bonds. The predicted octanol–water partition coefficient (Wildman–Crippen LogP) is 3.52. The monoisotopic (exact) mass is 403 g/mol. The fraction of sp³-hybridized carbons (Fsp3) is 0.368. The average molecular weight is 404 g/mol. The quantitative estimate of drug-likeness (QED) is 0.481. The van der Waals surface area contributed by atoms with E-state index in [-0.39, 0.29) is 31.1 Å². The van der Waals surface area contributed by atoms with Crippen LogP contribution >= 0.6 is 22.9 Å². The highest BCUT2D eigenvalue weighted by molar-refractivity contribution is 7.18. The van der Waals surface area contributed by atoms with E-state index >= 15 is 0 Å². The van der Waals surface area contributed by atoms with Crippen molar-refractivity contribution >= 4 is 39.1 Å². The molecule has 1 aliphatic rings. The largest absolute Gasteiger partial charge is 0.461 e. The molecule has 0 saturated carbocycles. The van der Waals surface area contributed by atoms with Crippen LogP contribution in [-0.4, -0.2) is 20.5 Å². The van der Waals surface area contributed by atoms with Gasteiger partial charge in [0.15, 0.2) is 0 Å². The SMILES string of the molecule is O=C(CCn1cnc2sc3c(c2c1=O)CCCC3)OCc1ccc(Cl)nc1. The molecule has 0 bridgehead atoms. The van der Waals surface area contributed by atoms with Crippen LogP contribution in [0.5, 0.6) is 0 Å². The highest BCUT2D eigenvalue weighted by atomic mass is 35.5. The van der Waals surface area contributed by atoms with E-state index < -0.39 is 0 Å². The first kappa shape index (κ1) is 18.1. The zero-order chi connectivity index (χ0) is 18.8. The van der Waals surface area contributed by atoms with Crippen molar-refractivity contribution in [3.05, 3.63) is 56.2 Å². The summed E-state index contributed by atoms with van der Waals surface area (Å²) >= 11 is 7.35. The zero-order valence-corrected chi connectivity index (χ0v) is 16.2. The van der Waals surface area contributed by atoms with E-state index in [2.05, 4.69) is 9.97 Å². The number of rotatable bonds is 5. The van der Waals surface area contributed by atoms with Crippen LogP contribution in [0.2, 0.25) is 5.15 Å². The molecule has 0 spiro atoms. The lowest BCUT2D eigenvalue weighted by Crippen LogP contribution is -2.23. The van der Waals surface area contributed by atoms with E-state index in [1.54, 1.807) is 29.7 Å². The highest BCUT2D eigenvalue weighted by Gasteiger charge is 2.20. The molecule has 3 aromatic heterocycles. The summed E-state index contributed by atoms with van der Waals surface area (Å²) in [6, 6.07) is 3.40. The number of hydrogen-bond donors (Lipinski definition) is 0. The minimum atomic E-state index is -0.371. The number of halogens is 1. The molecule has 27 heavy (non-hydrogen) atoms. The summed E-state index contributed by atoms with van der Waals surface area (Å²) in [5.41, 5.74) is 1.86. The van der Waals surface area contributed by atoms with Gasteiger partial charge in [-0.25, -0.2) is 9.97 Å². The average Bonchev–Trinajstić information content (AvgIpc) is 3.06. The van der Waals surface area contributed by atoms with Crippen molar-refractivity contribution in [1.29, 1.82) is 0 Å². The number of carbonyl (C=O) groups excluding carboxylic acids is 1. The van der Waals surface area contributed by atoms with Crippen LogP contribution in [0, 0.1) is 0 Å². The number of aromatic nitrogens is 3. The van der Waals surface area contributed by atoms with Crippen LogP contribution in [0.15, 0.2) is 29.5 Å². The summed E-state index contributed by atoms with van der Waals surface area (Å²) in [7, 11) is 0. The molecule has 0 atom stereocenters. The normalized spacial score (nSPS) is 13.5. The second-order valence-electron chi connectivity index (χ2n) is 6.53. The molecule has 8 heteroatoms. The van der Waals surface area contributed by atoms with Crippen LogP contribution < -0.4 is 5.56 Å². The Morgan fingerprint density at radius 1 is 1.26 bits per heavy atom. The first-order chi connectivity index (χ1) is 13.1. The van der Waals surface area contributed by atoms with Crippen molar-refractivity contribution in [3.8, 4) is 0 Å². The van der Waals surface area contributed by atoms with Gasteiger partial charge in [-0.05, 0) is 37.3 Å². The van der Waals surface area contributed by atoms with Gasteiger partial charge in [0.05, 0.1) is 18.1 Å². The highest BCUT2D eigenvalue weighted by Crippen LogP contribution is 2.33. The molecule has 6 nitrogen and oxygen atoms in total. The van der Waals surface area contributed by atoms with Crippen LogP contribution in [0.1, 0.15) is 35.3 Å². The Hall–Kier alpha value is -2.25. The predicted molar refractivity (Wildman–Crippen MR) is 104 cm³/mol. The van der Waals surface area contributed by atoms with Gasteiger partial charge in [0.1, 0.15) is 16.6 Å². The standard InChI is InChI=1S/C19H18ClN3O3S/c20-15-6-5-12(9-21-15)10-26-16(24)7-8-23-11-22-18-17(19(23)25)13-3-1-2-4-14(13)27-18/h5-6,9,11H,1-4,7-8,10H2. The lowest BCUT2D eigenvalue weighted by molar-refractivity contribution is -0.145. The molecule has 140 valence electrons. The van der Waals surface area contributed by atoms with Gasteiger partial charge in [-0.2, -0.15) is 0 Å². The number of nitrogens with zero attached hydrogens (tertiary/aromatic N) is 3. The van der Waals surface area contributed by atoms with Gasteiger partial charge >= 0.3 is 5.97 Å². The van der Waals surface area contributed by atoms with Crippen LogP contribution in [0.25, 0.3) is 10.2 Å². The molecule has 0 aliphatic heterocycles. The molecule has 1 aliphatic carbocycles. The third-order valence-electron chi connectivity index (χ3n) is 4.69. The van der Waals surface area contributed by atoms with E-state index in [4.69, 9.17) is 16.3 Å². The lowest BCUT2D eigenvalue weighted by atomic mass is 9.97. The number of hydrogen-bond acceptors (Lipinski definition) is 6. The minimum absolute atomic E-state index is 0.0610. The molecule has 0 aromatic carbocycles. The van der Waals surface area contributed by atoms with Gasteiger partial charge in [0.25, 0.3) is 5.56 Å². The van der Waals surface area contributed by atoms with Crippen LogP contribution in [-0.2, 0) is 35.5 Å². The molecular formula is C19H18ClN3O3S. The fourth-order valence-electron chi connectivity index (χ4n) is 3.28. The summed E-state index contributed by atoms with van der Waals surface area (Å²) in [6.07, 6.45) is 7.46. The van der Waals surface area contributed by atoms with E-state index in [0.717, 1.165) is 40.6 Å². The van der Waals surface area contributed by atoms with Crippen molar-refractivity contribution in [1.82, 2.24) is 14.5 Å². The van der Waals surface area contributed by atoms with Gasteiger partial charge in [-0.3, -0.25) is 14.2 Å². The Morgan fingerprint density at radius 3 is 2.93 bits per heavy atom. The van der Waals surface area contributed by atoms with Crippen LogP contribution in [0.4, 0.5) is 0 Å². The second-order valence-corrected chi connectivity index (χ2v) is 8.00. The maximum atomic E-state index is 12.8. The van der Waals surface area contributed by atoms with Crippen molar-refractivity contribution in [2.75, 3.05) is 0 Å². The van der Waals surface area contributed by atoms with Gasteiger partial charge in [-0.15, -0.1) is 11.3 Å². The number of aryl methyl sites for hydroxylation is 3. The maximum absolute atomic E-state index is 12.8. The van der Waals surface area contributed by atoms with Gasteiger partial charge in [0, 0.05) is 23.2 Å². The van der Waals surface area contributed by atoms with Crippen molar-refractivity contribution in [2.45, 2.75) is 45.3 Å². The number of esters is 1. The van der Waals surface area contributed by atoms with Gasteiger partial charge in [0.2, 0.25) is 0 Å². The molecule has 0 unspecified atom stereocenters. The fourth-order valence-corrected chi connectivity index (χ4v) is 4.61. The van der Waals surface area contributed by atoms with E-state index in [0.29, 0.717) is 5.15 Å². The Morgan fingerprint density at radius 2 is 2.11 bits per heavy atom. The van der Waals surface area contributed by atoms with Crippen molar-refractivity contribution in [2.24, 2.45) is 0 Å². The Balaban J connectivity index is 1.42. The minimum Gasteiger partial charge on any atom is -0.461 e. The van der Waals surface area contributed by atoms with Crippen LogP contribution in [0.3, 0.4) is 0 Å². The zero-order valence-electron chi connectivity index (χ0n) is 14.6. The van der Waals surface area contributed by atoms with Crippen molar-refractivity contribution in [3.63, 3.8) is 0 Å². The van der Waals surface area contributed by atoms with E-state index in [9.17, 15) is 9.59 Å². The molecule has 3 aromatic rings. The third-order valence-corrected chi connectivity index (χ3v) is 6.11. The molecular weight excluding hydrogens is 386 g/mol. The lowest BCUT2D eigenvalue weighted by Gasteiger charge is -2.10. The first-order valence-electron chi connectivity index (χ1n) is 8.87. The number of thiophene rings is 1. The summed E-state index contributed by atoms with van der Waals surface area (Å²) < 4.78 is 6.75. The van der Waals surface area contributed by atoms with E-state index in [1.165, 1.54) is 22.2 Å². The Labute approximate surface area is 164 Å².